The molecule has 1 saturated heterocycles. The average molecular weight is 459 g/mol. The first kappa shape index (κ1) is 22.6. The van der Waals surface area contributed by atoms with E-state index in [0.717, 1.165) is 16.9 Å². The van der Waals surface area contributed by atoms with Crippen LogP contribution in [0.5, 0.6) is 11.5 Å². The van der Waals surface area contributed by atoms with Crippen molar-refractivity contribution in [3.05, 3.63) is 53.6 Å². The third kappa shape index (κ3) is 4.76. The summed E-state index contributed by atoms with van der Waals surface area (Å²) in [5.74, 6) is 1.36. The van der Waals surface area contributed by atoms with Crippen LogP contribution in [0.2, 0.25) is 0 Å². The fraction of sp³-hybridized carbons (Fsp3) is 0.458. The van der Waals surface area contributed by atoms with E-state index in [0.29, 0.717) is 62.9 Å². The number of hydrogen-bond donors (Lipinski definition) is 0. The number of hydrogen-bond acceptors (Lipinski definition) is 5. The summed E-state index contributed by atoms with van der Waals surface area (Å²) in [4.78, 5) is 15.3. The Morgan fingerprint density at radius 3 is 2.34 bits per heavy atom. The van der Waals surface area contributed by atoms with Gasteiger partial charge in [0.05, 0.1) is 4.90 Å². The normalized spacial score (nSPS) is 17.2. The molecule has 32 heavy (non-hydrogen) atoms. The lowest BCUT2D eigenvalue weighted by Gasteiger charge is -2.33. The first-order chi connectivity index (χ1) is 15.4. The maximum atomic E-state index is 13.2. The van der Waals surface area contributed by atoms with Crippen LogP contribution in [-0.2, 0) is 21.4 Å². The Kier molecular flexibility index (Phi) is 6.71. The molecule has 2 aromatic rings. The molecule has 2 aromatic carbocycles. The summed E-state index contributed by atoms with van der Waals surface area (Å²) in [6, 6.07) is 12.7. The van der Waals surface area contributed by atoms with E-state index >= 15 is 0 Å². The molecule has 1 amide bonds. The molecule has 1 fully saturated rings. The average Bonchev–Trinajstić information content (AvgIpc) is 2.82. The SMILES string of the molecule is CCN(Cc1ccc2c(c1)OCCO2)C(=O)C1CCN(S(=O)(=O)c2ccc(C)cc2)CC1. The Morgan fingerprint density at radius 2 is 1.69 bits per heavy atom. The molecule has 2 heterocycles. The molecule has 7 nitrogen and oxygen atoms in total. The van der Waals surface area contributed by atoms with Crippen LogP contribution in [0.1, 0.15) is 30.9 Å². The molecule has 0 atom stereocenters. The molecule has 0 N–H and O–H groups in total. The van der Waals surface area contributed by atoms with E-state index < -0.39 is 10.0 Å². The van der Waals surface area contributed by atoms with Crippen molar-refractivity contribution in [3.63, 3.8) is 0 Å². The predicted molar refractivity (Wildman–Crippen MR) is 121 cm³/mol. The molecule has 0 aromatic heterocycles. The van der Waals surface area contributed by atoms with E-state index in [9.17, 15) is 13.2 Å². The van der Waals surface area contributed by atoms with Gasteiger partial charge in [0.2, 0.25) is 15.9 Å². The molecule has 0 unspecified atom stereocenters. The van der Waals surface area contributed by atoms with Gasteiger partial charge in [-0.05, 0) is 56.5 Å². The number of carbonyl (C=O) groups is 1. The highest BCUT2D eigenvalue weighted by atomic mass is 32.2. The Labute approximate surface area is 190 Å². The van der Waals surface area contributed by atoms with Gasteiger partial charge in [-0.15, -0.1) is 0 Å². The monoisotopic (exact) mass is 458 g/mol. The second kappa shape index (κ2) is 9.50. The van der Waals surface area contributed by atoms with Crippen LogP contribution in [0.25, 0.3) is 0 Å². The van der Waals surface area contributed by atoms with E-state index in [1.807, 2.05) is 36.9 Å². The molecule has 0 spiro atoms. The van der Waals surface area contributed by atoms with Gasteiger partial charge >= 0.3 is 0 Å². The minimum atomic E-state index is -3.53. The van der Waals surface area contributed by atoms with E-state index in [4.69, 9.17) is 9.47 Å². The quantitative estimate of drug-likeness (QED) is 0.664. The Bertz CT molecular complexity index is 1060. The van der Waals surface area contributed by atoms with E-state index in [-0.39, 0.29) is 11.8 Å². The third-order valence-electron chi connectivity index (χ3n) is 6.14. The lowest BCUT2D eigenvalue weighted by atomic mass is 9.96. The summed E-state index contributed by atoms with van der Waals surface area (Å²) < 4.78 is 38.6. The number of sulfonamides is 1. The van der Waals surface area contributed by atoms with Crippen molar-refractivity contribution in [2.45, 2.75) is 38.1 Å². The third-order valence-corrected chi connectivity index (χ3v) is 8.05. The maximum Gasteiger partial charge on any atom is 0.243 e. The second-order valence-corrected chi connectivity index (χ2v) is 10.3. The summed E-state index contributed by atoms with van der Waals surface area (Å²) in [5, 5.41) is 0. The fourth-order valence-corrected chi connectivity index (χ4v) is 5.68. The van der Waals surface area contributed by atoms with Gasteiger partial charge in [-0.3, -0.25) is 4.79 Å². The summed E-state index contributed by atoms with van der Waals surface area (Å²) in [7, 11) is -3.53. The molecule has 2 aliphatic rings. The van der Waals surface area contributed by atoms with Gasteiger partial charge in [0.25, 0.3) is 0 Å². The Hall–Kier alpha value is -2.58. The highest BCUT2D eigenvalue weighted by Crippen LogP contribution is 2.32. The van der Waals surface area contributed by atoms with Crippen LogP contribution in [0.4, 0.5) is 0 Å². The lowest BCUT2D eigenvalue weighted by Crippen LogP contribution is -2.44. The number of aryl methyl sites for hydroxylation is 1. The number of carbonyl (C=O) groups excluding carboxylic acids is 1. The molecule has 0 aliphatic carbocycles. The van der Waals surface area contributed by atoms with Crippen LogP contribution in [-0.4, -0.2) is 56.4 Å². The van der Waals surface area contributed by atoms with Crippen molar-refractivity contribution in [3.8, 4) is 11.5 Å². The molecular weight excluding hydrogens is 428 g/mol. The van der Waals surface area contributed by atoms with Crippen molar-refractivity contribution in [1.29, 1.82) is 0 Å². The summed E-state index contributed by atoms with van der Waals surface area (Å²) >= 11 is 0. The van der Waals surface area contributed by atoms with Crippen LogP contribution in [0, 0.1) is 12.8 Å². The first-order valence-corrected chi connectivity index (χ1v) is 12.6. The van der Waals surface area contributed by atoms with Gasteiger partial charge < -0.3 is 14.4 Å². The summed E-state index contributed by atoms with van der Waals surface area (Å²) in [6.45, 7) is 6.76. The van der Waals surface area contributed by atoms with Crippen molar-refractivity contribution in [2.75, 3.05) is 32.8 Å². The molecule has 2 aliphatic heterocycles. The topological polar surface area (TPSA) is 76.2 Å². The molecule has 4 rings (SSSR count). The van der Waals surface area contributed by atoms with Crippen molar-refractivity contribution >= 4 is 15.9 Å². The smallest absolute Gasteiger partial charge is 0.243 e. The number of ether oxygens (including phenoxy) is 2. The standard InChI is InChI=1S/C24H30N2O5S/c1-3-25(17-19-6-9-22-23(16-19)31-15-14-30-22)24(27)20-10-12-26(13-11-20)32(28,29)21-7-4-18(2)5-8-21/h4-9,16,20H,3,10-15,17H2,1-2H3. The molecular formula is C24H30N2O5S. The van der Waals surface area contributed by atoms with Crippen LogP contribution >= 0.6 is 0 Å². The number of amides is 1. The number of piperidine rings is 1. The highest BCUT2D eigenvalue weighted by Gasteiger charge is 2.33. The summed E-state index contributed by atoms with van der Waals surface area (Å²) in [6.07, 6.45) is 1.06. The summed E-state index contributed by atoms with van der Waals surface area (Å²) in [5.41, 5.74) is 2.01. The van der Waals surface area contributed by atoms with Gasteiger partial charge in [-0.25, -0.2) is 8.42 Å². The van der Waals surface area contributed by atoms with E-state index in [2.05, 4.69) is 0 Å². The highest BCUT2D eigenvalue weighted by molar-refractivity contribution is 7.89. The van der Waals surface area contributed by atoms with Crippen molar-refractivity contribution < 1.29 is 22.7 Å². The fourth-order valence-electron chi connectivity index (χ4n) is 4.21. The van der Waals surface area contributed by atoms with Crippen LogP contribution in [0.3, 0.4) is 0 Å². The predicted octanol–water partition coefficient (Wildman–Crippen LogP) is 3.22. The maximum absolute atomic E-state index is 13.2. The van der Waals surface area contributed by atoms with Gasteiger partial charge in [0, 0.05) is 32.1 Å². The molecule has 0 saturated carbocycles. The van der Waals surface area contributed by atoms with Crippen LogP contribution < -0.4 is 9.47 Å². The van der Waals surface area contributed by atoms with Crippen molar-refractivity contribution in [2.24, 2.45) is 5.92 Å². The molecule has 0 bridgehead atoms. The van der Waals surface area contributed by atoms with E-state index in [1.54, 1.807) is 24.3 Å². The van der Waals surface area contributed by atoms with Gasteiger partial charge in [0.15, 0.2) is 11.5 Å². The number of nitrogens with zero attached hydrogens (tertiary/aromatic N) is 2. The van der Waals surface area contributed by atoms with E-state index in [1.165, 1.54) is 4.31 Å². The molecule has 0 radical (unpaired) electrons. The van der Waals surface area contributed by atoms with Gasteiger partial charge in [0.1, 0.15) is 13.2 Å². The number of fused-ring (bicyclic) bond motifs is 1. The zero-order valence-electron chi connectivity index (χ0n) is 18.6. The zero-order valence-corrected chi connectivity index (χ0v) is 19.4. The van der Waals surface area contributed by atoms with Crippen LogP contribution in [0.15, 0.2) is 47.4 Å². The van der Waals surface area contributed by atoms with Crippen molar-refractivity contribution in [1.82, 2.24) is 9.21 Å². The lowest BCUT2D eigenvalue weighted by molar-refractivity contribution is -0.137. The van der Waals surface area contributed by atoms with Gasteiger partial charge in [-0.1, -0.05) is 23.8 Å². The zero-order chi connectivity index (χ0) is 22.7. The Morgan fingerprint density at radius 1 is 1.03 bits per heavy atom. The minimum absolute atomic E-state index is 0.0785. The number of rotatable bonds is 6. The molecule has 8 heteroatoms. The second-order valence-electron chi connectivity index (χ2n) is 8.32. The van der Waals surface area contributed by atoms with Gasteiger partial charge in [-0.2, -0.15) is 4.31 Å². The Balaban J connectivity index is 1.38. The molecule has 172 valence electrons. The first-order valence-electron chi connectivity index (χ1n) is 11.1. The minimum Gasteiger partial charge on any atom is -0.486 e. The largest absolute Gasteiger partial charge is 0.486 e. The number of benzene rings is 2.